The summed E-state index contributed by atoms with van der Waals surface area (Å²) in [5.41, 5.74) is 3.46. The van der Waals surface area contributed by atoms with E-state index in [0.29, 0.717) is 0 Å². The van der Waals surface area contributed by atoms with E-state index in [1.807, 2.05) is 29.5 Å². The van der Waals surface area contributed by atoms with E-state index in [0.717, 1.165) is 41.8 Å². The normalized spacial score (nSPS) is 13.5. The maximum Gasteiger partial charge on any atom is 0.337 e. The number of hydrogen-bond acceptors (Lipinski definition) is 3. The maximum absolute atomic E-state index is 6.35. The number of fused-ring (bicyclic) bond motifs is 3. The molecule has 1 aliphatic heterocycles. The average Bonchev–Trinajstić information content (AvgIpc) is 3.11. The summed E-state index contributed by atoms with van der Waals surface area (Å²) in [5.74, 6) is 0. The van der Waals surface area contributed by atoms with E-state index >= 15 is 0 Å². The van der Waals surface area contributed by atoms with Crippen LogP contribution in [0.5, 0.6) is 0 Å². The van der Waals surface area contributed by atoms with E-state index in [1.54, 1.807) is 0 Å². The van der Waals surface area contributed by atoms with Gasteiger partial charge in [0, 0.05) is 33.9 Å². The molecule has 2 aromatic carbocycles. The van der Waals surface area contributed by atoms with E-state index in [4.69, 9.17) is 23.2 Å². The van der Waals surface area contributed by atoms with Gasteiger partial charge >= 0.3 is 5.13 Å². The minimum Gasteiger partial charge on any atom is -0.385 e. The highest BCUT2D eigenvalue weighted by atomic mass is 35.5. The lowest BCUT2D eigenvalue weighted by Gasteiger charge is -2.11. The standard InChI is InChI=1S/C18H18Cl2N3S/c1-2-21-12-6-7-17-16(10-12)23-9-8-22(18(23)24-17)11-13-14(19)4-3-5-15(13)20/h3-7,10,21H,2,8-9,11H2,1H3/q+1. The Kier molecular flexibility index (Phi) is 4.29. The van der Waals surface area contributed by atoms with Crippen LogP contribution in [0.25, 0.3) is 10.2 Å². The highest BCUT2D eigenvalue weighted by Gasteiger charge is 2.33. The first kappa shape index (κ1) is 16.0. The second-order valence-electron chi connectivity index (χ2n) is 5.87. The van der Waals surface area contributed by atoms with Gasteiger partial charge < -0.3 is 5.32 Å². The third-order valence-corrected chi connectivity index (χ3v) is 6.27. The summed E-state index contributed by atoms with van der Waals surface area (Å²) in [4.78, 5) is 2.37. The third kappa shape index (κ3) is 2.73. The Morgan fingerprint density at radius 3 is 2.75 bits per heavy atom. The summed E-state index contributed by atoms with van der Waals surface area (Å²) in [7, 11) is 0. The molecule has 124 valence electrons. The molecule has 6 heteroatoms. The minimum absolute atomic E-state index is 0.733. The molecule has 0 aliphatic carbocycles. The Labute approximate surface area is 155 Å². The van der Waals surface area contributed by atoms with E-state index in [-0.39, 0.29) is 0 Å². The SMILES string of the molecule is CCNc1ccc2sc3[n+](c2c1)CCN3Cc1c(Cl)cccc1Cl. The van der Waals surface area contributed by atoms with Crippen LogP contribution in [0.4, 0.5) is 10.8 Å². The third-order valence-electron chi connectivity index (χ3n) is 4.34. The van der Waals surface area contributed by atoms with E-state index in [1.165, 1.54) is 21.0 Å². The van der Waals surface area contributed by atoms with Gasteiger partial charge in [-0.25, -0.2) is 9.47 Å². The van der Waals surface area contributed by atoms with Crippen molar-refractivity contribution in [3.63, 3.8) is 0 Å². The molecule has 0 spiro atoms. The summed E-state index contributed by atoms with van der Waals surface area (Å²) in [5, 5.41) is 6.13. The summed E-state index contributed by atoms with van der Waals surface area (Å²) in [6.07, 6.45) is 0. The number of hydrogen-bond donors (Lipinski definition) is 1. The smallest absolute Gasteiger partial charge is 0.337 e. The van der Waals surface area contributed by atoms with Crippen molar-refractivity contribution < 1.29 is 4.57 Å². The van der Waals surface area contributed by atoms with Crippen LogP contribution >= 0.6 is 34.5 Å². The Bertz CT molecular complexity index is 886. The number of nitrogens with zero attached hydrogens (tertiary/aromatic N) is 2. The molecule has 0 atom stereocenters. The topological polar surface area (TPSA) is 19.1 Å². The van der Waals surface area contributed by atoms with E-state index < -0.39 is 0 Å². The predicted octanol–water partition coefficient (Wildman–Crippen LogP) is 4.95. The zero-order valence-corrected chi connectivity index (χ0v) is 15.7. The molecule has 2 heterocycles. The molecule has 0 amide bonds. The Balaban J connectivity index is 1.70. The molecule has 1 aliphatic rings. The van der Waals surface area contributed by atoms with Gasteiger partial charge in [-0.05, 0) is 42.5 Å². The quantitative estimate of drug-likeness (QED) is 0.647. The van der Waals surface area contributed by atoms with Crippen LogP contribution in [0.3, 0.4) is 0 Å². The van der Waals surface area contributed by atoms with Gasteiger partial charge in [-0.2, -0.15) is 0 Å². The number of rotatable bonds is 4. The molecule has 24 heavy (non-hydrogen) atoms. The fourth-order valence-electron chi connectivity index (χ4n) is 3.17. The van der Waals surface area contributed by atoms with Gasteiger partial charge in [0.2, 0.25) is 0 Å². The predicted molar refractivity (Wildman–Crippen MR) is 104 cm³/mol. The van der Waals surface area contributed by atoms with Crippen LogP contribution in [0.1, 0.15) is 12.5 Å². The van der Waals surface area contributed by atoms with Crippen molar-refractivity contribution in [2.75, 3.05) is 23.3 Å². The molecule has 0 saturated heterocycles. The molecule has 0 saturated carbocycles. The lowest BCUT2D eigenvalue weighted by atomic mass is 10.2. The fourth-order valence-corrected chi connectivity index (χ4v) is 4.88. The molecule has 0 unspecified atom stereocenters. The highest BCUT2D eigenvalue weighted by Crippen LogP contribution is 2.34. The van der Waals surface area contributed by atoms with Crippen molar-refractivity contribution >= 4 is 55.6 Å². The Morgan fingerprint density at radius 1 is 1.21 bits per heavy atom. The number of aromatic nitrogens is 1. The van der Waals surface area contributed by atoms with Gasteiger partial charge in [-0.1, -0.05) is 29.3 Å². The van der Waals surface area contributed by atoms with Gasteiger partial charge in [0.25, 0.3) is 0 Å². The first-order valence-electron chi connectivity index (χ1n) is 8.05. The van der Waals surface area contributed by atoms with Crippen molar-refractivity contribution in [2.45, 2.75) is 20.0 Å². The largest absolute Gasteiger partial charge is 0.385 e. The molecule has 1 aromatic heterocycles. The lowest BCUT2D eigenvalue weighted by Crippen LogP contribution is -2.29. The van der Waals surface area contributed by atoms with Crippen LogP contribution in [-0.4, -0.2) is 13.1 Å². The number of halogens is 2. The maximum atomic E-state index is 6.35. The van der Waals surface area contributed by atoms with Gasteiger partial charge in [0.05, 0.1) is 4.70 Å². The van der Waals surface area contributed by atoms with Gasteiger partial charge in [0.15, 0.2) is 0 Å². The van der Waals surface area contributed by atoms with Crippen LogP contribution in [0, 0.1) is 0 Å². The Morgan fingerprint density at radius 2 is 2.00 bits per heavy atom. The van der Waals surface area contributed by atoms with Crippen LogP contribution < -0.4 is 14.8 Å². The van der Waals surface area contributed by atoms with E-state index in [9.17, 15) is 0 Å². The molecule has 3 aromatic rings. The summed E-state index contributed by atoms with van der Waals surface area (Å²) >= 11 is 14.5. The second-order valence-corrected chi connectivity index (χ2v) is 7.69. The molecule has 0 fully saturated rings. The van der Waals surface area contributed by atoms with Gasteiger partial charge in [-0.3, -0.25) is 0 Å². The summed E-state index contributed by atoms with van der Waals surface area (Å²) in [6, 6.07) is 12.3. The van der Waals surface area contributed by atoms with E-state index in [2.05, 4.69) is 39.9 Å². The zero-order valence-electron chi connectivity index (χ0n) is 13.4. The molecule has 0 radical (unpaired) electrons. The number of nitrogens with one attached hydrogen (secondary N) is 1. The van der Waals surface area contributed by atoms with Crippen LogP contribution in [-0.2, 0) is 13.1 Å². The highest BCUT2D eigenvalue weighted by molar-refractivity contribution is 7.21. The zero-order chi connectivity index (χ0) is 16.7. The number of thiazole rings is 1. The van der Waals surface area contributed by atoms with Crippen LogP contribution in [0.2, 0.25) is 10.0 Å². The molecule has 3 nitrogen and oxygen atoms in total. The first-order valence-corrected chi connectivity index (χ1v) is 9.62. The molecule has 4 rings (SSSR count). The van der Waals surface area contributed by atoms with Crippen molar-refractivity contribution in [1.82, 2.24) is 0 Å². The van der Waals surface area contributed by atoms with Gasteiger partial charge in [0.1, 0.15) is 25.2 Å². The van der Waals surface area contributed by atoms with Crippen molar-refractivity contribution in [1.29, 1.82) is 0 Å². The minimum atomic E-state index is 0.733. The first-order chi connectivity index (χ1) is 11.7. The Hall–Kier alpha value is -1.49. The number of benzene rings is 2. The summed E-state index contributed by atoms with van der Waals surface area (Å²) in [6.45, 7) is 5.76. The second kappa shape index (κ2) is 6.43. The van der Waals surface area contributed by atoms with Crippen molar-refractivity contribution in [2.24, 2.45) is 0 Å². The average molecular weight is 379 g/mol. The van der Waals surface area contributed by atoms with Crippen LogP contribution in [0.15, 0.2) is 36.4 Å². The van der Waals surface area contributed by atoms with Gasteiger partial charge in [-0.15, -0.1) is 0 Å². The summed E-state index contributed by atoms with van der Waals surface area (Å²) < 4.78 is 3.70. The molecule has 1 N–H and O–H groups in total. The van der Waals surface area contributed by atoms with Crippen molar-refractivity contribution in [3.8, 4) is 0 Å². The molecule has 0 bridgehead atoms. The van der Waals surface area contributed by atoms with Crippen molar-refractivity contribution in [3.05, 3.63) is 52.0 Å². The molecular formula is C18H18Cl2N3S+. The fraction of sp³-hybridized carbons (Fsp3) is 0.278. The number of anilines is 2. The molecular weight excluding hydrogens is 361 g/mol. The lowest BCUT2D eigenvalue weighted by molar-refractivity contribution is -0.641. The monoisotopic (exact) mass is 378 g/mol.